The smallest absolute Gasteiger partial charge is 0.249 e. The summed E-state index contributed by atoms with van der Waals surface area (Å²) in [6, 6.07) is 6.56. The van der Waals surface area contributed by atoms with E-state index in [-0.39, 0.29) is 0 Å². The van der Waals surface area contributed by atoms with Crippen molar-refractivity contribution in [3.63, 3.8) is 0 Å². The zero-order chi connectivity index (χ0) is 13.9. The molecule has 0 radical (unpaired) electrons. The van der Waals surface area contributed by atoms with Crippen LogP contribution in [0.5, 0.6) is 0 Å². The van der Waals surface area contributed by atoms with Gasteiger partial charge in [-0.25, -0.2) is 0 Å². The molecule has 106 valence electrons. The van der Waals surface area contributed by atoms with Crippen molar-refractivity contribution in [2.45, 2.75) is 38.6 Å². The molecule has 1 aliphatic rings. The van der Waals surface area contributed by atoms with Crippen molar-refractivity contribution in [1.82, 2.24) is 15.5 Å². The Morgan fingerprint density at radius 2 is 2.20 bits per heavy atom. The van der Waals surface area contributed by atoms with Crippen LogP contribution in [0, 0.1) is 6.92 Å². The van der Waals surface area contributed by atoms with Gasteiger partial charge in [-0.05, 0) is 44.4 Å². The maximum absolute atomic E-state index is 6.27. The van der Waals surface area contributed by atoms with Gasteiger partial charge < -0.3 is 9.73 Å². The minimum Gasteiger partial charge on any atom is -0.421 e. The fraction of sp³-hybridized carbons (Fsp3) is 0.467. The molecule has 1 aromatic carbocycles. The number of hydrogen-bond donors (Lipinski definition) is 1. The van der Waals surface area contributed by atoms with E-state index in [1.54, 1.807) is 0 Å². The third kappa shape index (κ3) is 3.19. The first kappa shape index (κ1) is 13.6. The van der Waals surface area contributed by atoms with Crippen molar-refractivity contribution in [3.05, 3.63) is 34.7 Å². The van der Waals surface area contributed by atoms with E-state index in [0.717, 1.165) is 36.6 Å². The molecule has 0 saturated heterocycles. The van der Waals surface area contributed by atoms with Gasteiger partial charge in [0.15, 0.2) is 0 Å². The van der Waals surface area contributed by atoms with Crippen molar-refractivity contribution in [2.24, 2.45) is 0 Å². The van der Waals surface area contributed by atoms with Crippen LogP contribution in [-0.2, 0) is 6.42 Å². The van der Waals surface area contributed by atoms with Crippen LogP contribution in [0.2, 0.25) is 5.02 Å². The zero-order valence-corrected chi connectivity index (χ0v) is 12.3. The molecule has 1 heterocycles. The number of halogens is 1. The highest BCUT2D eigenvalue weighted by atomic mass is 35.5. The predicted octanol–water partition coefficient (Wildman–Crippen LogP) is 3.38. The van der Waals surface area contributed by atoms with Gasteiger partial charge in [0.05, 0.1) is 10.6 Å². The third-order valence-corrected chi connectivity index (χ3v) is 3.97. The third-order valence-electron chi connectivity index (χ3n) is 3.47. The molecule has 3 rings (SSSR count). The first-order valence-electron chi connectivity index (χ1n) is 7.05. The maximum Gasteiger partial charge on any atom is 0.249 e. The van der Waals surface area contributed by atoms with E-state index in [1.807, 2.05) is 25.1 Å². The van der Waals surface area contributed by atoms with E-state index in [4.69, 9.17) is 16.0 Å². The Morgan fingerprint density at radius 1 is 1.35 bits per heavy atom. The standard InChI is InChI=1S/C15H18ClN3O/c1-10-4-2-5-12(14(10)16)15-19-18-13(20-15)6-3-9-17-11-7-8-11/h2,4-5,11,17H,3,6-9H2,1H3. The molecule has 0 spiro atoms. The summed E-state index contributed by atoms with van der Waals surface area (Å²) in [7, 11) is 0. The molecule has 1 N–H and O–H groups in total. The van der Waals surface area contributed by atoms with Gasteiger partial charge in [-0.1, -0.05) is 23.7 Å². The van der Waals surface area contributed by atoms with Crippen LogP contribution in [0.4, 0.5) is 0 Å². The van der Waals surface area contributed by atoms with Crippen LogP contribution in [0.1, 0.15) is 30.7 Å². The number of hydrogen-bond acceptors (Lipinski definition) is 4. The van der Waals surface area contributed by atoms with Gasteiger partial charge in [0.2, 0.25) is 11.8 Å². The minimum atomic E-state index is 0.504. The Hall–Kier alpha value is -1.39. The summed E-state index contributed by atoms with van der Waals surface area (Å²) in [4.78, 5) is 0. The molecule has 1 aliphatic carbocycles. The van der Waals surface area contributed by atoms with E-state index >= 15 is 0 Å². The first-order chi connectivity index (χ1) is 9.74. The number of aromatic nitrogens is 2. The fourth-order valence-corrected chi connectivity index (χ4v) is 2.32. The molecule has 0 atom stereocenters. The lowest BCUT2D eigenvalue weighted by Crippen LogP contribution is -2.17. The van der Waals surface area contributed by atoms with Gasteiger partial charge in [-0.15, -0.1) is 10.2 Å². The summed E-state index contributed by atoms with van der Waals surface area (Å²) < 4.78 is 5.69. The molecule has 1 saturated carbocycles. The van der Waals surface area contributed by atoms with Gasteiger partial charge in [0.25, 0.3) is 0 Å². The Balaban J connectivity index is 1.62. The van der Waals surface area contributed by atoms with Crippen molar-refractivity contribution in [2.75, 3.05) is 6.54 Å². The van der Waals surface area contributed by atoms with Gasteiger partial charge in [-0.2, -0.15) is 0 Å². The molecule has 5 heteroatoms. The van der Waals surface area contributed by atoms with E-state index in [0.29, 0.717) is 16.8 Å². The monoisotopic (exact) mass is 291 g/mol. The highest BCUT2D eigenvalue weighted by molar-refractivity contribution is 6.33. The van der Waals surface area contributed by atoms with E-state index < -0.39 is 0 Å². The van der Waals surface area contributed by atoms with E-state index in [9.17, 15) is 0 Å². The van der Waals surface area contributed by atoms with Crippen molar-refractivity contribution < 1.29 is 4.42 Å². The normalized spacial score (nSPS) is 14.7. The van der Waals surface area contributed by atoms with Crippen molar-refractivity contribution in [3.8, 4) is 11.5 Å². The summed E-state index contributed by atoms with van der Waals surface area (Å²) in [5, 5.41) is 12.3. The molecule has 2 aromatic rings. The lowest BCUT2D eigenvalue weighted by atomic mass is 10.1. The first-order valence-corrected chi connectivity index (χ1v) is 7.43. The Morgan fingerprint density at radius 3 is 3.00 bits per heavy atom. The molecule has 0 amide bonds. The van der Waals surface area contributed by atoms with Crippen LogP contribution in [0.15, 0.2) is 22.6 Å². The van der Waals surface area contributed by atoms with Crippen molar-refractivity contribution >= 4 is 11.6 Å². The van der Waals surface area contributed by atoms with Crippen LogP contribution in [-0.4, -0.2) is 22.8 Å². The molecule has 20 heavy (non-hydrogen) atoms. The summed E-state index contributed by atoms with van der Waals surface area (Å²) >= 11 is 6.27. The average molecular weight is 292 g/mol. The Labute approximate surface area is 123 Å². The number of aryl methyl sites for hydroxylation is 2. The lowest BCUT2D eigenvalue weighted by Gasteiger charge is -2.02. The van der Waals surface area contributed by atoms with E-state index in [2.05, 4.69) is 15.5 Å². The number of nitrogens with one attached hydrogen (secondary N) is 1. The van der Waals surface area contributed by atoms with Crippen LogP contribution >= 0.6 is 11.6 Å². The molecular weight excluding hydrogens is 274 g/mol. The summed E-state index contributed by atoms with van der Waals surface area (Å²) in [6.07, 6.45) is 4.45. The second-order valence-electron chi connectivity index (χ2n) is 5.27. The lowest BCUT2D eigenvalue weighted by molar-refractivity contribution is 0.491. The zero-order valence-electron chi connectivity index (χ0n) is 11.5. The average Bonchev–Trinajstić information content (AvgIpc) is 3.15. The highest BCUT2D eigenvalue weighted by Gasteiger charge is 2.19. The molecule has 4 nitrogen and oxygen atoms in total. The molecule has 0 bridgehead atoms. The summed E-state index contributed by atoms with van der Waals surface area (Å²) in [5.41, 5.74) is 1.82. The predicted molar refractivity (Wildman–Crippen MR) is 78.8 cm³/mol. The Kier molecular flexibility index (Phi) is 4.03. The largest absolute Gasteiger partial charge is 0.421 e. The number of nitrogens with zero attached hydrogens (tertiary/aromatic N) is 2. The van der Waals surface area contributed by atoms with Crippen LogP contribution < -0.4 is 5.32 Å². The topological polar surface area (TPSA) is 51.0 Å². The van der Waals surface area contributed by atoms with Gasteiger partial charge in [0, 0.05) is 12.5 Å². The molecule has 1 fully saturated rings. The summed E-state index contributed by atoms with van der Waals surface area (Å²) in [6.45, 7) is 2.97. The molecule has 0 unspecified atom stereocenters. The SMILES string of the molecule is Cc1cccc(-c2nnc(CCCNC3CC3)o2)c1Cl. The van der Waals surface area contributed by atoms with E-state index in [1.165, 1.54) is 12.8 Å². The highest BCUT2D eigenvalue weighted by Crippen LogP contribution is 2.29. The van der Waals surface area contributed by atoms with Gasteiger partial charge >= 0.3 is 0 Å². The van der Waals surface area contributed by atoms with Crippen LogP contribution in [0.25, 0.3) is 11.5 Å². The van der Waals surface area contributed by atoms with Crippen molar-refractivity contribution in [1.29, 1.82) is 0 Å². The maximum atomic E-state index is 6.27. The van der Waals surface area contributed by atoms with Gasteiger partial charge in [-0.3, -0.25) is 0 Å². The van der Waals surface area contributed by atoms with Crippen LogP contribution in [0.3, 0.4) is 0 Å². The second-order valence-corrected chi connectivity index (χ2v) is 5.65. The van der Waals surface area contributed by atoms with Gasteiger partial charge in [0.1, 0.15) is 0 Å². The molecular formula is C15H18ClN3O. The summed E-state index contributed by atoms with van der Waals surface area (Å²) in [5.74, 6) is 1.18. The number of rotatable bonds is 6. The number of benzene rings is 1. The fourth-order valence-electron chi connectivity index (χ4n) is 2.11. The Bertz CT molecular complexity index is 593. The molecule has 1 aromatic heterocycles. The minimum absolute atomic E-state index is 0.504. The quantitative estimate of drug-likeness (QED) is 0.829. The second kappa shape index (κ2) is 5.94. The molecule has 0 aliphatic heterocycles.